The lowest BCUT2D eigenvalue weighted by atomic mass is 10.0. The summed E-state index contributed by atoms with van der Waals surface area (Å²) in [4.78, 5) is 19.2. The van der Waals surface area contributed by atoms with Crippen LogP contribution in [0.5, 0.6) is 0 Å². The van der Waals surface area contributed by atoms with Crippen molar-refractivity contribution in [2.75, 3.05) is 18.8 Å². The predicted octanol–water partition coefficient (Wildman–Crippen LogP) is 2.69. The van der Waals surface area contributed by atoms with Crippen molar-refractivity contribution >= 4 is 22.6 Å². The number of nitrogens with zero attached hydrogens (tertiary/aromatic N) is 2. The Balaban J connectivity index is 1.71. The van der Waals surface area contributed by atoms with E-state index in [0.29, 0.717) is 23.2 Å². The summed E-state index contributed by atoms with van der Waals surface area (Å²) in [5.74, 6) is 1.94. The number of carbonyl (C=O) groups excluding carboxylic acids is 1. The van der Waals surface area contributed by atoms with Crippen LogP contribution in [0.15, 0.2) is 30.3 Å². The highest BCUT2D eigenvalue weighted by atomic mass is 16.2. The smallest absolute Gasteiger partial charge is 0.254 e. The fourth-order valence-corrected chi connectivity index (χ4v) is 3.94. The van der Waals surface area contributed by atoms with Crippen molar-refractivity contribution in [3.63, 3.8) is 0 Å². The van der Waals surface area contributed by atoms with E-state index in [1.54, 1.807) is 6.07 Å². The molecule has 0 spiro atoms. The molecule has 2 fully saturated rings. The first-order chi connectivity index (χ1) is 10.2. The van der Waals surface area contributed by atoms with Crippen LogP contribution in [0.25, 0.3) is 10.9 Å². The number of benzene rings is 1. The van der Waals surface area contributed by atoms with Crippen molar-refractivity contribution in [1.29, 1.82) is 0 Å². The average Bonchev–Trinajstić information content (AvgIpc) is 3.06. The zero-order valence-corrected chi connectivity index (χ0v) is 12.0. The molecule has 2 atom stereocenters. The zero-order chi connectivity index (χ0) is 14.4. The van der Waals surface area contributed by atoms with E-state index in [0.717, 1.165) is 24.0 Å². The van der Waals surface area contributed by atoms with Gasteiger partial charge in [0.05, 0.1) is 11.1 Å². The summed E-state index contributed by atoms with van der Waals surface area (Å²) in [6.45, 7) is 1.81. The maximum absolute atomic E-state index is 12.9. The fraction of sp³-hybridized carbons (Fsp3) is 0.412. The maximum Gasteiger partial charge on any atom is 0.254 e. The van der Waals surface area contributed by atoms with Gasteiger partial charge in [0.15, 0.2) is 0 Å². The summed E-state index contributed by atoms with van der Waals surface area (Å²) in [6, 6.07) is 9.44. The van der Waals surface area contributed by atoms with Gasteiger partial charge in [-0.3, -0.25) is 4.79 Å². The van der Waals surface area contributed by atoms with Crippen molar-refractivity contribution in [3.8, 4) is 0 Å². The fourth-order valence-electron chi connectivity index (χ4n) is 3.94. The third kappa shape index (κ3) is 2.06. The van der Waals surface area contributed by atoms with E-state index < -0.39 is 0 Å². The molecule has 21 heavy (non-hydrogen) atoms. The van der Waals surface area contributed by atoms with Crippen LogP contribution in [0, 0.1) is 11.8 Å². The number of amides is 1. The Morgan fingerprint density at radius 1 is 1.19 bits per heavy atom. The minimum Gasteiger partial charge on any atom is -0.384 e. The standard InChI is InChI=1S/C17H19N3O/c18-16-8-14(13-6-1-2-7-15(13)19-16)17(21)20-9-11-4-3-5-12(11)10-20/h1-2,6-8,11-12H,3-5,9-10H2,(H2,18,19). The predicted molar refractivity (Wildman–Crippen MR) is 82.9 cm³/mol. The van der Waals surface area contributed by atoms with Gasteiger partial charge in [-0.25, -0.2) is 4.98 Å². The molecule has 1 saturated heterocycles. The lowest BCUT2D eigenvalue weighted by molar-refractivity contribution is 0.0782. The van der Waals surface area contributed by atoms with Crippen LogP contribution in [0.4, 0.5) is 5.82 Å². The van der Waals surface area contributed by atoms with E-state index >= 15 is 0 Å². The largest absolute Gasteiger partial charge is 0.384 e. The summed E-state index contributed by atoms with van der Waals surface area (Å²) in [5, 5.41) is 0.897. The molecule has 108 valence electrons. The van der Waals surface area contributed by atoms with Gasteiger partial charge in [0.1, 0.15) is 5.82 Å². The van der Waals surface area contributed by atoms with E-state index in [1.165, 1.54) is 19.3 Å². The van der Waals surface area contributed by atoms with Gasteiger partial charge in [0.25, 0.3) is 5.91 Å². The number of carbonyl (C=O) groups is 1. The van der Waals surface area contributed by atoms with E-state index in [2.05, 4.69) is 4.98 Å². The van der Waals surface area contributed by atoms with E-state index in [-0.39, 0.29) is 5.91 Å². The van der Waals surface area contributed by atoms with Gasteiger partial charge in [0.2, 0.25) is 0 Å². The number of pyridine rings is 1. The number of likely N-dealkylation sites (tertiary alicyclic amines) is 1. The number of nitrogen functional groups attached to an aromatic ring is 1. The van der Waals surface area contributed by atoms with Crippen molar-refractivity contribution in [2.24, 2.45) is 11.8 Å². The molecule has 2 heterocycles. The first-order valence-electron chi connectivity index (χ1n) is 7.67. The third-order valence-electron chi connectivity index (χ3n) is 4.98. The minimum absolute atomic E-state index is 0.106. The molecule has 1 aromatic heterocycles. The lowest BCUT2D eigenvalue weighted by Crippen LogP contribution is -2.29. The number of para-hydroxylation sites is 1. The van der Waals surface area contributed by atoms with Crippen LogP contribution in [0.2, 0.25) is 0 Å². The molecule has 4 rings (SSSR count). The highest BCUT2D eigenvalue weighted by Crippen LogP contribution is 2.38. The molecular weight excluding hydrogens is 262 g/mol. The summed E-state index contributed by atoms with van der Waals surface area (Å²) >= 11 is 0. The van der Waals surface area contributed by atoms with Crippen molar-refractivity contribution in [2.45, 2.75) is 19.3 Å². The maximum atomic E-state index is 12.9. The Kier molecular flexibility index (Phi) is 2.84. The molecule has 1 aliphatic carbocycles. The van der Waals surface area contributed by atoms with Crippen LogP contribution in [-0.4, -0.2) is 28.9 Å². The second-order valence-electron chi connectivity index (χ2n) is 6.27. The third-order valence-corrected chi connectivity index (χ3v) is 4.98. The van der Waals surface area contributed by atoms with Crippen LogP contribution >= 0.6 is 0 Å². The SMILES string of the molecule is Nc1cc(C(=O)N2CC3CCCC3C2)c2ccccc2n1. The highest BCUT2D eigenvalue weighted by molar-refractivity contribution is 6.07. The highest BCUT2D eigenvalue weighted by Gasteiger charge is 2.38. The molecule has 4 heteroatoms. The van der Waals surface area contributed by atoms with Crippen LogP contribution in [-0.2, 0) is 0 Å². The van der Waals surface area contributed by atoms with E-state index in [9.17, 15) is 4.79 Å². The summed E-state index contributed by atoms with van der Waals surface area (Å²) in [7, 11) is 0. The first-order valence-corrected chi connectivity index (χ1v) is 7.67. The number of anilines is 1. The molecule has 2 unspecified atom stereocenters. The van der Waals surface area contributed by atoms with Gasteiger partial charge in [-0.05, 0) is 36.8 Å². The van der Waals surface area contributed by atoms with Crippen molar-refractivity contribution in [1.82, 2.24) is 9.88 Å². The quantitative estimate of drug-likeness (QED) is 0.874. The zero-order valence-electron chi connectivity index (χ0n) is 12.0. The number of hydrogen-bond donors (Lipinski definition) is 1. The molecule has 2 N–H and O–H groups in total. The summed E-state index contributed by atoms with van der Waals surface area (Å²) in [6.07, 6.45) is 3.86. The second-order valence-corrected chi connectivity index (χ2v) is 6.27. The molecule has 0 bridgehead atoms. The lowest BCUT2D eigenvalue weighted by Gasteiger charge is -2.18. The molecule has 4 nitrogen and oxygen atoms in total. The minimum atomic E-state index is 0.106. The number of hydrogen-bond acceptors (Lipinski definition) is 3. The number of rotatable bonds is 1. The molecule has 2 aromatic rings. The number of fused-ring (bicyclic) bond motifs is 2. The molecule has 2 aliphatic rings. The Labute approximate surface area is 124 Å². The molecule has 0 radical (unpaired) electrons. The Morgan fingerprint density at radius 2 is 1.90 bits per heavy atom. The Bertz CT molecular complexity index is 700. The monoisotopic (exact) mass is 281 g/mol. The van der Waals surface area contributed by atoms with Gasteiger partial charge in [-0.1, -0.05) is 24.6 Å². The molecule has 1 saturated carbocycles. The van der Waals surface area contributed by atoms with Crippen molar-refractivity contribution < 1.29 is 4.79 Å². The van der Waals surface area contributed by atoms with Gasteiger partial charge in [0, 0.05) is 18.5 Å². The van der Waals surface area contributed by atoms with Gasteiger partial charge < -0.3 is 10.6 Å². The first kappa shape index (κ1) is 12.6. The number of nitrogens with two attached hydrogens (primary N) is 1. The summed E-state index contributed by atoms with van der Waals surface area (Å²) < 4.78 is 0. The normalized spacial score (nSPS) is 24.5. The van der Waals surface area contributed by atoms with E-state index in [4.69, 9.17) is 5.73 Å². The van der Waals surface area contributed by atoms with Gasteiger partial charge in [-0.2, -0.15) is 0 Å². The van der Waals surface area contributed by atoms with Crippen LogP contribution < -0.4 is 5.73 Å². The molecule has 1 aliphatic heterocycles. The van der Waals surface area contributed by atoms with Gasteiger partial charge >= 0.3 is 0 Å². The number of aromatic nitrogens is 1. The van der Waals surface area contributed by atoms with Crippen LogP contribution in [0.1, 0.15) is 29.6 Å². The molecular formula is C17H19N3O. The van der Waals surface area contributed by atoms with Crippen LogP contribution in [0.3, 0.4) is 0 Å². The summed E-state index contributed by atoms with van der Waals surface area (Å²) in [5.41, 5.74) is 7.36. The van der Waals surface area contributed by atoms with Gasteiger partial charge in [-0.15, -0.1) is 0 Å². The average molecular weight is 281 g/mol. The molecule has 1 amide bonds. The van der Waals surface area contributed by atoms with E-state index in [1.807, 2.05) is 29.2 Å². The Hall–Kier alpha value is -2.10. The van der Waals surface area contributed by atoms with Crippen molar-refractivity contribution in [3.05, 3.63) is 35.9 Å². The topological polar surface area (TPSA) is 59.2 Å². The molecule has 1 aromatic carbocycles. The Morgan fingerprint density at radius 3 is 2.67 bits per heavy atom. The second kappa shape index (κ2) is 4.72.